The fourth-order valence-corrected chi connectivity index (χ4v) is 3.24. The number of nitrogens with zero attached hydrogens (tertiary/aromatic N) is 1. The van der Waals surface area contributed by atoms with E-state index in [0.29, 0.717) is 5.54 Å². The topological polar surface area (TPSA) is 29.3 Å². The normalized spacial score (nSPS) is 32.2. The van der Waals surface area contributed by atoms with Gasteiger partial charge in [-0.3, -0.25) is 4.90 Å². The largest absolute Gasteiger partial charge is 0.329 e. The maximum Gasteiger partial charge on any atom is 0.0331 e. The van der Waals surface area contributed by atoms with Crippen LogP contribution in [0.15, 0.2) is 0 Å². The van der Waals surface area contributed by atoms with Gasteiger partial charge in [-0.2, -0.15) is 11.8 Å². The van der Waals surface area contributed by atoms with E-state index in [4.69, 9.17) is 5.73 Å². The van der Waals surface area contributed by atoms with Crippen molar-refractivity contribution in [1.82, 2.24) is 4.90 Å². The predicted molar refractivity (Wildman–Crippen MR) is 70.4 cm³/mol. The average Bonchev–Trinajstić information content (AvgIpc) is 2.25. The minimum absolute atomic E-state index is 0.299. The van der Waals surface area contributed by atoms with Gasteiger partial charge in [0.25, 0.3) is 0 Å². The van der Waals surface area contributed by atoms with E-state index in [0.717, 1.165) is 12.5 Å². The van der Waals surface area contributed by atoms with Crippen molar-refractivity contribution >= 4 is 11.8 Å². The lowest BCUT2D eigenvalue weighted by molar-refractivity contribution is 0.0672. The highest BCUT2D eigenvalue weighted by Crippen LogP contribution is 2.35. The minimum Gasteiger partial charge on any atom is -0.329 e. The highest BCUT2D eigenvalue weighted by molar-refractivity contribution is 7.98. The van der Waals surface area contributed by atoms with E-state index < -0.39 is 0 Å². The first-order valence-electron chi connectivity index (χ1n) is 6.05. The van der Waals surface area contributed by atoms with Gasteiger partial charge in [0.05, 0.1) is 0 Å². The molecule has 1 aliphatic carbocycles. The van der Waals surface area contributed by atoms with E-state index >= 15 is 0 Å². The van der Waals surface area contributed by atoms with Crippen LogP contribution in [0.2, 0.25) is 0 Å². The summed E-state index contributed by atoms with van der Waals surface area (Å²) in [6.07, 6.45) is 7.49. The molecule has 0 aliphatic heterocycles. The number of hydrogen-bond donors (Lipinski definition) is 1. The summed E-state index contributed by atoms with van der Waals surface area (Å²) in [6, 6.07) is 0. The van der Waals surface area contributed by atoms with Crippen LogP contribution in [-0.4, -0.2) is 42.6 Å². The van der Waals surface area contributed by atoms with Crippen molar-refractivity contribution in [2.45, 2.75) is 38.1 Å². The second-order valence-electron chi connectivity index (χ2n) is 5.04. The molecule has 0 saturated heterocycles. The molecule has 0 aromatic carbocycles. The Morgan fingerprint density at radius 1 is 1.53 bits per heavy atom. The Morgan fingerprint density at radius 2 is 2.27 bits per heavy atom. The van der Waals surface area contributed by atoms with Gasteiger partial charge >= 0.3 is 0 Å². The van der Waals surface area contributed by atoms with Crippen molar-refractivity contribution < 1.29 is 0 Å². The predicted octanol–water partition coefficient (Wildman–Crippen LogP) is 2.19. The van der Waals surface area contributed by atoms with Crippen LogP contribution < -0.4 is 5.73 Å². The fourth-order valence-electron chi connectivity index (χ4n) is 2.79. The third kappa shape index (κ3) is 3.36. The van der Waals surface area contributed by atoms with E-state index in [1.54, 1.807) is 0 Å². The van der Waals surface area contributed by atoms with Crippen LogP contribution in [0.3, 0.4) is 0 Å². The molecule has 3 heteroatoms. The van der Waals surface area contributed by atoms with Gasteiger partial charge in [-0.05, 0) is 32.1 Å². The molecule has 0 spiro atoms. The van der Waals surface area contributed by atoms with Gasteiger partial charge in [0.15, 0.2) is 0 Å². The maximum absolute atomic E-state index is 6.02. The molecule has 0 aromatic heterocycles. The molecule has 0 bridgehead atoms. The fraction of sp³-hybridized carbons (Fsp3) is 1.00. The molecule has 0 amide bonds. The Kier molecular flexibility index (Phi) is 5.44. The summed E-state index contributed by atoms with van der Waals surface area (Å²) in [5.74, 6) is 2.06. The Hall–Kier alpha value is 0.270. The SMILES string of the molecule is CSCCN(C)C1(CN)CCCC(C)C1. The molecule has 0 radical (unpaired) electrons. The van der Waals surface area contributed by atoms with Crippen molar-refractivity contribution in [2.24, 2.45) is 11.7 Å². The number of likely N-dealkylation sites (N-methyl/N-ethyl adjacent to an activating group) is 1. The molecule has 90 valence electrons. The molecule has 2 nitrogen and oxygen atoms in total. The van der Waals surface area contributed by atoms with Crippen molar-refractivity contribution in [3.05, 3.63) is 0 Å². The lowest BCUT2D eigenvalue weighted by Gasteiger charge is -2.46. The molecule has 0 aromatic rings. The molecule has 2 N–H and O–H groups in total. The first kappa shape index (κ1) is 13.3. The van der Waals surface area contributed by atoms with E-state index in [-0.39, 0.29) is 0 Å². The third-order valence-corrected chi connectivity index (χ3v) is 4.48. The molecule has 1 fully saturated rings. The van der Waals surface area contributed by atoms with Gasteiger partial charge in [-0.15, -0.1) is 0 Å². The van der Waals surface area contributed by atoms with Gasteiger partial charge in [-0.1, -0.05) is 19.8 Å². The van der Waals surface area contributed by atoms with Crippen LogP contribution in [0.25, 0.3) is 0 Å². The summed E-state index contributed by atoms with van der Waals surface area (Å²) in [4.78, 5) is 2.51. The number of hydrogen-bond acceptors (Lipinski definition) is 3. The van der Waals surface area contributed by atoms with Gasteiger partial charge in [0.2, 0.25) is 0 Å². The molecule has 0 heterocycles. The zero-order valence-electron chi connectivity index (χ0n) is 10.5. The molecular formula is C12H26N2S. The molecular weight excluding hydrogens is 204 g/mol. The Labute approximate surface area is 99.0 Å². The van der Waals surface area contributed by atoms with Crippen LogP contribution in [0.5, 0.6) is 0 Å². The van der Waals surface area contributed by atoms with Crippen molar-refractivity contribution in [3.8, 4) is 0 Å². The quantitative estimate of drug-likeness (QED) is 0.785. The molecule has 2 atom stereocenters. The zero-order chi connectivity index (χ0) is 11.3. The maximum atomic E-state index is 6.02. The Balaban J connectivity index is 2.57. The standard InChI is InChI=1S/C12H26N2S/c1-11-5-4-6-12(9-11,10-13)14(2)7-8-15-3/h11H,4-10,13H2,1-3H3. The number of rotatable bonds is 5. The Morgan fingerprint density at radius 3 is 2.80 bits per heavy atom. The van der Waals surface area contributed by atoms with Gasteiger partial charge < -0.3 is 5.73 Å². The summed E-state index contributed by atoms with van der Waals surface area (Å²) in [5.41, 5.74) is 6.32. The zero-order valence-corrected chi connectivity index (χ0v) is 11.3. The second kappa shape index (κ2) is 6.12. The lowest BCUT2D eigenvalue weighted by Crippen LogP contribution is -2.55. The molecule has 15 heavy (non-hydrogen) atoms. The third-order valence-electron chi connectivity index (χ3n) is 3.89. The van der Waals surface area contributed by atoms with Crippen LogP contribution in [0.4, 0.5) is 0 Å². The van der Waals surface area contributed by atoms with Gasteiger partial charge in [0.1, 0.15) is 0 Å². The first-order valence-corrected chi connectivity index (χ1v) is 7.44. The molecule has 2 unspecified atom stereocenters. The smallest absolute Gasteiger partial charge is 0.0331 e. The van der Waals surface area contributed by atoms with E-state index in [9.17, 15) is 0 Å². The monoisotopic (exact) mass is 230 g/mol. The summed E-state index contributed by atoms with van der Waals surface area (Å²) in [5, 5.41) is 0. The first-order chi connectivity index (χ1) is 7.14. The van der Waals surface area contributed by atoms with Crippen molar-refractivity contribution in [3.63, 3.8) is 0 Å². The van der Waals surface area contributed by atoms with E-state index in [2.05, 4.69) is 25.1 Å². The molecule has 1 saturated carbocycles. The van der Waals surface area contributed by atoms with Crippen LogP contribution in [0, 0.1) is 5.92 Å². The summed E-state index contributed by atoms with van der Waals surface area (Å²) in [6.45, 7) is 4.36. The summed E-state index contributed by atoms with van der Waals surface area (Å²) in [7, 11) is 2.25. The van der Waals surface area contributed by atoms with Crippen LogP contribution in [0.1, 0.15) is 32.6 Å². The lowest BCUT2D eigenvalue weighted by atomic mass is 9.75. The summed E-state index contributed by atoms with van der Waals surface area (Å²) >= 11 is 1.92. The highest BCUT2D eigenvalue weighted by atomic mass is 32.2. The van der Waals surface area contributed by atoms with Crippen LogP contribution in [-0.2, 0) is 0 Å². The van der Waals surface area contributed by atoms with Crippen LogP contribution >= 0.6 is 11.8 Å². The number of nitrogens with two attached hydrogens (primary N) is 1. The molecule has 1 aliphatic rings. The van der Waals surface area contributed by atoms with Gasteiger partial charge in [-0.25, -0.2) is 0 Å². The van der Waals surface area contributed by atoms with E-state index in [1.165, 1.54) is 38.0 Å². The molecule has 1 rings (SSSR count). The van der Waals surface area contributed by atoms with E-state index in [1.807, 2.05) is 11.8 Å². The van der Waals surface area contributed by atoms with Crippen molar-refractivity contribution in [2.75, 3.05) is 32.1 Å². The van der Waals surface area contributed by atoms with Crippen molar-refractivity contribution in [1.29, 1.82) is 0 Å². The average molecular weight is 230 g/mol. The van der Waals surface area contributed by atoms with Gasteiger partial charge in [0, 0.05) is 24.4 Å². The highest BCUT2D eigenvalue weighted by Gasteiger charge is 2.36. The second-order valence-corrected chi connectivity index (χ2v) is 6.03. The number of thioether (sulfide) groups is 1. The minimum atomic E-state index is 0.299. The summed E-state index contributed by atoms with van der Waals surface area (Å²) < 4.78 is 0. The Bertz CT molecular complexity index is 186.